The minimum absolute atomic E-state index is 1.21. The molecule has 0 bridgehead atoms. The molecule has 0 aromatic heterocycles. The molecule has 14 aromatic carbocycles. The van der Waals surface area contributed by atoms with Crippen LogP contribution in [0.2, 0.25) is 0 Å². The molecule has 0 spiro atoms. The second kappa shape index (κ2) is 15.1. The maximum absolute atomic E-state index is 2.51. The van der Waals surface area contributed by atoms with E-state index in [-0.39, 0.29) is 0 Å². The molecule has 0 atom stereocenters. The molecular formula is C72H42. The lowest BCUT2D eigenvalue weighted by Gasteiger charge is -2.21. The van der Waals surface area contributed by atoms with Crippen molar-refractivity contribution in [3.63, 3.8) is 0 Å². The predicted octanol–water partition coefficient (Wildman–Crippen LogP) is 20.2. The molecule has 0 saturated heterocycles. The molecule has 0 nitrogen and oxygen atoms in total. The molecule has 0 heterocycles. The van der Waals surface area contributed by atoms with Crippen LogP contribution in [0.3, 0.4) is 0 Å². The van der Waals surface area contributed by atoms with Crippen molar-refractivity contribution in [2.75, 3.05) is 0 Å². The molecule has 14 aromatic rings. The van der Waals surface area contributed by atoms with Crippen LogP contribution in [0, 0.1) is 0 Å². The average molecular weight is 907 g/mol. The lowest BCUT2D eigenvalue weighted by atomic mass is 9.81. The van der Waals surface area contributed by atoms with E-state index in [2.05, 4.69) is 255 Å². The van der Waals surface area contributed by atoms with Crippen molar-refractivity contribution in [1.29, 1.82) is 0 Å². The van der Waals surface area contributed by atoms with Crippen LogP contribution in [0.4, 0.5) is 0 Å². The van der Waals surface area contributed by atoms with Gasteiger partial charge in [-0.1, -0.05) is 231 Å². The van der Waals surface area contributed by atoms with E-state index < -0.39 is 0 Å². The van der Waals surface area contributed by atoms with Gasteiger partial charge in [-0.25, -0.2) is 0 Å². The molecule has 0 amide bonds. The van der Waals surface area contributed by atoms with Crippen molar-refractivity contribution in [3.05, 3.63) is 255 Å². The molecule has 0 heteroatoms. The van der Waals surface area contributed by atoms with Gasteiger partial charge in [0.05, 0.1) is 0 Å². The van der Waals surface area contributed by atoms with Gasteiger partial charge in [-0.2, -0.15) is 0 Å². The van der Waals surface area contributed by atoms with Crippen molar-refractivity contribution >= 4 is 64.6 Å². The fraction of sp³-hybridized carbons (Fsp3) is 0. The van der Waals surface area contributed by atoms with Gasteiger partial charge in [-0.3, -0.25) is 0 Å². The Bertz CT molecular complexity index is 4510. The second-order valence-electron chi connectivity index (χ2n) is 19.7. The standard InChI is InChI=1S/C72H42/c1-5-19-43(20-6-1)65-53-29-15-16-30-54(53)66(44-21-7-2-8-22-44)63-42-60-56-38-37-50(52-31-17-33-55(69(52)56)59(60)41-62(63)65)48-35-36-57-61(39-48)68(46-25-11-4-12-26-46)71-58-34-18-32-51-49-28-14-13-27-47(49)40-64(70(51)58)72(71)67(57)45-23-9-3-10-24-45/h1-42H. The van der Waals surface area contributed by atoms with Crippen LogP contribution in [0.15, 0.2) is 255 Å². The zero-order valence-electron chi connectivity index (χ0n) is 39.2. The molecule has 2 aliphatic carbocycles. The van der Waals surface area contributed by atoms with Gasteiger partial charge in [0.2, 0.25) is 0 Å². The molecule has 0 radical (unpaired) electrons. The summed E-state index contributed by atoms with van der Waals surface area (Å²) in [6, 6.07) is 95.6. The molecule has 16 rings (SSSR count). The summed E-state index contributed by atoms with van der Waals surface area (Å²) in [5.41, 5.74) is 23.0. The monoisotopic (exact) mass is 906 g/mol. The van der Waals surface area contributed by atoms with Crippen LogP contribution >= 0.6 is 0 Å². The highest BCUT2D eigenvalue weighted by molar-refractivity contribution is 6.32. The summed E-state index contributed by atoms with van der Waals surface area (Å²) >= 11 is 0. The lowest BCUT2D eigenvalue weighted by molar-refractivity contribution is 1.62. The maximum Gasteiger partial charge on any atom is -0.000719 e. The van der Waals surface area contributed by atoms with Crippen LogP contribution in [0.25, 0.3) is 165 Å². The number of benzene rings is 14. The van der Waals surface area contributed by atoms with E-state index >= 15 is 0 Å². The quantitative estimate of drug-likeness (QED) is 0.119. The number of hydrogen-bond donors (Lipinski definition) is 0. The average Bonchev–Trinajstić information content (AvgIpc) is 3.94. The molecule has 0 saturated carbocycles. The first kappa shape index (κ1) is 39.5. The van der Waals surface area contributed by atoms with E-state index in [0.717, 1.165) is 0 Å². The SMILES string of the molecule is c1ccc(-c2c3c(c(-c4ccccc4)c4cc(-c5ccc6c7c(cccc57)-c5cc7c(-c8ccccc8)c8ccccc8c(-c8ccccc8)c7cc5-6)ccc24)-c2cccc4c2c-3cc2ccccc24)cc1. The van der Waals surface area contributed by atoms with Gasteiger partial charge in [0.1, 0.15) is 0 Å². The summed E-state index contributed by atoms with van der Waals surface area (Å²) in [6.45, 7) is 0. The minimum Gasteiger partial charge on any atom is -0.0622 e. The fourth-order valence-electron chi connectivity index (χ4n) is 13.2. The zero-order valence-corrected chi connectivity index (χ0v) is 39.2. The molecule has 0 fully saturated rings. The molecule has 0 aliphatic heterocycles. The van der Waals surface area contributed by atoms with Gasteiger partial charge in [-0.05, 0) is 189 Å². The Labute approximate surface area is 417 Å². The number of fused-ring (bicyclic) bond motifs is 11. The van der Waals surface area contributed by atoms with Gasteiger partial charge in [0, 0.05) is 0 Å². The number of hydrogen-bond acceptors (Lipinski definition) is 0. The third kappa shape index (κ3) is 5.47. The van der Waals surface area contributed by atoms with Gasteiger partial charge in [-0.15, -0.1) is 0 Å². The molecular weight excluding hydrogens is 865 g/mol. The van der Waals surface area contributed by atoms with Crippen molar-refractivity contribution < 1.29 is 0 Å². The normalized spacial score (nSPS) is 12.2. The van der Waals surface area contributed by atoms with Crippen molar-refractivity contribution in [2.24, 2.45) is 0 Å². The lowest BCUT2D eigenvalue weighted by Crippen LogP contribution is -1.94. The summed E-state index contributed by atoms with van der Waals surface area (Å²) in [6.07, 6.45) is 0. The topological polar surface area (TPSA) is 0 Å². The van der Waals surface area contributed by atoms with Crippen molar-refractivity contribution in [3.8, 4) is 100 Å². The predicted molar refractivity (Wildman–Crippen MR) is 308 cm³/mol. The van der Waals surface area contributed by atoms with E-state index in [1.807, 2.05) is 0 Å². The van der Waals surface area contributed by atoms with E-state index in [0.29, 0.717) is 0 Å². The Hall–Kier alpha value is -9.36. The summed E-state index contributed by atoms with van der Waals surface area (Å²) in [7, 11) is 0. The summed E-state index contributed by atoms with van der Waals surface area (Å²) < 4.78 is 0. The van der Waals surface area contributed by atoms with Crippen LogP contribution in [-0.4, -0.2) is 0 Å². The Balaban J connectivity index is 0.972. The van der Waals surface area contributed by atoms with E-state index in [1.54, 1.807) is 0 Å². The second-order valence-corrected chi connectivity index (χ2v) is 19.7. The van der Waals surface area contributed by atoms with E-state index in [1.165, 1.54) is 165 Å². The van der Waals surface area contributed by atoms with Gasteiger partial charge < -0.3 is 0 Å². The summed E-state index contributed by atoms with van der Waals surface area (Å²) in [4.78, 5) is 0. The minimum atomic E-state index is 1.21. The molecule has 72 heavy (non-hydrogen) atoms. The first-order valence-electron chi connectivity index (χ1n) is 25.2. The Morgan fingerprint density at radius 3 is 1.18 bits per heavy atom. The molecule has 0 unspecified atom stereocenters. The van der Waals surface area contributed by atoms with Crippen LogP contribution in [-0.2, 0) is 0 Å². The largest absolute Gasteiger partial charge is 0.0622 e. The molecule has 2 aliphatic rings. The van der Waals surface area contributed by atoms with Crippen molar-refractivity contribution in [2.45, 2.75) is 0 Å². The van der Waals surface area contributed by atoms with E-state index in [4.69, 9.17) is 0 Å². The molecule has 0 N–H and O–H groups in total. The van der Waals surface area contributed by atoms with Gasteiger partial charge >= 0.3 is 0 Å². The first-order chi connectivity index (χ1) is 35.8. The zero-order chi connectivity index (χ0) is 47.0. The van der Waals surface area contributed by atoms with E-state index in [9.17, 15) is 0 Å². The third-order valence-corrected chi connectivity index (χ3v) is 16.1. The first-order valence-corrected chi connectivity index (χ1v) is 25.2. The van der Waals surface area contributed by atoms with Crippen LogP contribution in [0.5, 0.6) is 0 Å². The van der Waals surface area contributed by atoms with Gasteiger partial charge in [0.25, 0.3) is 0 Å². The summed E-state index contributed by atoms with van der Waals surface area (Å²) in [5.74, 6) is 0. The third-order valence-electron chi connectivity index (χ3n) is 16.1. The highest BCUT2D eigenvalue weighted by atomic mass is 14.3. The maximum atomic E-state index is 2.51. The van der Waals surface area contributed by atoms with Crippen LogP contribution in [0.1, 0.15) is 0 Å². The number of rotatable bonds is 5. The van der Waals surface area contributed by atoms with Crippen LogP contribution < -0.4 is 0 Å². The Morgan fingerprint density at radius 1 is 0.153 bits per heavy atom. The highest BCUT2D eigenvalue weighted by Crippen LogP contribution is 2.60. The summed E-state index contributed by atoms with van der Waals surface area (Å²) in [5, 5.41) is 15.4. The molecule has 330 valence electrons. The smallest absolute Gasteiger partial charge is 0.000719 e. The Kier molecular flexibility index (Phi) is 8.26. The van der Waals surface area contributed by atoms with Gasteiger partial charge in [0.15, 0.2) is 0 Å². The van der Waals surface area contributed by atoms with Crippen molar-refractivity contribution in [1.82, 2.24) is 0 Å². The Morgan fingerprint density at radius 2 is 0.569 bits per heavy atom. The fourth-order valence-corrected chi connectivity index (χ4v) is 13.2. The highest BCUT2D eigenvalue weighted by Gasteiger charge is 2.32.